The van der Waals surface area contributed by atoms with Crippen molar-refractivity contribution >= 4 is 32.6 Å². The fourth-order valence-electron chi connectivity index (χ4n) is 2.71. The molecule has 0 spiro atoms. The van der Waals surface area contributed by atoms with Gasteiger partial charge in [-0.15, -0.1) is 0 Å². The lowest BCUT2D eigenvalue weighted by Gasteiger charge is -2.25. The number of nitrogens with zero attached hydrogens (tertiary/aromatic N) is 1. The van der Waals surface area contributed by atoms with Gasteiger partial charge in [0.1, 0.15) is 0 Å². The molecule has 1 heterocycles. The summed E-state index contributed by atoms with van der Waals surface area (Å²) in [5.74, 6) is 0.238. The molecule has 0 saturated carbocycles. The van der Waals surface area contributed by atoms with Crippen LogP contribution in [0.4, 0.5) is 0 Å². The van der Waals surface area contributed by atoms with Gasteiger partial charge in [0.05, 0.1) is 6.04 Å². The maximum Gasteiger partial charge on any atom is 0.224 e. The molecule has 1 aliphatic heterocycles. The molecule has 3 rings (SSSR count). The number of carbonyl (C=O) groups excluding carboxylic acids is 1. The van der Waals surface area contributed by atoms with Crippen LogP contribution < -0.4 is 0 Å². The van der Waals surface area contributed by atoms with E-state index in [1.807, 2.05) is 17.0 Å². The third kappa shape index (κ3) is 2.39. The highest BCUT2D eigenvalue weighted by Crippen LogP contribution is 2.30. The Morgan fingerprint density at radius 1 is 1.21 bits per heavy atom. The molecule has 2 aromatic rings. The van der Waals surface area contributed by atoms with Crippen LogP contribution in [0.2, 0.25) is 0 Å². The predicted molar refractivity (Wildman–Crippen MR) is 81.4 cm³/mol. The second-order valence-corrected chi connectivity index (χ2v) is 6.43. The summed E-state index contributed by atoms with van der Waals surface area (Å²) >= 11 is 3.54. The van der Waals surface area contributed by atoms with E-state index in [9.17, 15) is 4.79 Å². The van der Waals surface area contributed by atoms with Gasteiger partial charge in [0.2, 0.25) is 5.91 Å². The molecule has 0 aliphatic carbocycles. The van der Waals surface area contributed by atoms with Crippen LogP contribution >= 0.6 is 15.9 Å². The lowest BCUT2D eigenvalue weighted by atomic mass is 10.0. The SMILES string of the molecule is CC(c1ccc2ccccc2c1)N1CC(Br)CC1=O. The third-order valence-corrected chi connectivity index (χ3v) is 4.45. The first-order valence-electron chi connectivity index (χ1n) is 6.57. The highest BCUT2D eigenvalue weighted by molar-refractivity contribution is 9.09. The predicted octanol–water partition coefficient (Wildman–Crippen LogP) is 3.90. The minimum Gasteiger partial charge on any atom is -0.335 e. The molecule has 0 radical (unpaired) electrons. The number of fused-ring (bicyclic) bond motifs is 1. The number of halogens is 1. The van der Waals surface area contributed by atoms with Crippen molar-refractivity contribution in [1.82, 2.24) is 4.90 Å². The molecule has 1 fully saturated rings. The number of hydrogen-bond acceptors (Lipinski definition) is 1. The van der Waals surface area contributed by atoms with E-state index < -0.39 is 0 Å². The van der Waals surface area contributed by atoms with Crippen LogP contribution in [-0.2, 0) is 4.79 Å². The van der Waals surface area contributed by atoms with Crippen molar-refractivity contribution in [2.24, 2.45) is 0 Å². The van der Waals surface area contributed by atoms with Crippen LogP contribution in [0.25, 0.3) is 10.8 Å². The van der Waals surface area contributed by atoms with Crippen molar-refractivity contribution in [3.63, 3.8) is 0 Å². The Hall–Kier alpha value is -1.35. The van der Waals surface area contributed by atoms with Gasteiger partial charge in [0.15, 0.2) is 0 Å². The van der Waals surface area contributed by atoms with Crippen molar-refractivity contribution in [1.29, 1.82) is 0 Å². The van der Waals surface area contributed by atoms with E-state index in [-0.39, 0.29) is 11.9 Å². The number of benzene rings is 2. The van der Waals surface area contributed by atoms with Crippen LogP contribution in [0.5, 0.6) is 0 Å². The number of hydrogen-bond donors (Lipinski definition) is 0. The lowest BCUT2D eigenvalue weighted by Crippen LogP contribution is -2.28. The molecule has 1 amide bonds. The van der Waals surface area contributed by atoms with Crippen molar-refractivity contribution in [3.05, 3.63) is 48.0 Å². The molecule has 19 heavy (non-hydrogen) atoms. The summed E-state index contributed by atoms with van der Waals surface area (Å²) in [7, 11) is 0. The zero-order chi connectivity index (χ0) is 13.4. The highest BCUT2D eigenvalue weighted by atomic mass is 79.9. The Labute approximate surface area is 121 Å². The fourth-order valence-corrected chi connectivity index (χ4v) is 3.30. The summed E-state index contributed by atoms with van der Waals surface area (Å²) in [6, 6.07) is 14.9. The summed E-state index contributed by atoms with van der Waals surface area (Å²) in [5, 5.41) is 2.47. The average molecular weight is 318 g/mol. The number of carbonyl (C=O) groups is 1. The van der Waals surface area contributed by atoms with Crippen LogP contribution in [0.3, 0.4) is 0 Å². The molecule has 98 valence electrons. The molecule has 2 atom stereocenters. The van der Waals surface area contributed by atoms with Gasteiger partial charge < -0.3 is 4.90 Å². The number of alkyl halides is 1. The lowest BCUT2D eigenvalue weighted by molar-refractivity contribution is -0.129. The van der Waals surface area contributed by atoms with Gasteiger partial charge in [0, 0.05) is 17.8 Å². The molecule has 2 aromatic carbocycles. The number of likely N-dealkylation sites (tertiary alicyclic amines) is 1. The normalized spacial score (nSPS) is 21.1. The maximum absolute atomic E-state index is 12.0. The zero-order valence-electron chi connectivity index (χ0n) is 10.8. The zero-order valence-corrected chi connectivity index (χ0v) is 12.4. The minimum atomic E-state index is 0.139. The number of rotatable bonds is 2. The Balaban J connectivity index is 1.93. The summed E-state index contributed by atoms with van der Waals surface area (Å²) in [6.07, 6.45) is 0.609. The molecule has 2 nitrogen and oxygen atoms in total. The van der Waals surface area contributed by atoms with Gasteiger partial charge in [-0.3, -0.25) is 4.79 Å². The fraction of sp³-hybridized carbons (Fsp3) is 0.312. The van der Waals surface area contributed by atoms with E-state index in [4.69, 9.17) is 0 Å². The molecule has 1 aliphatic rings. The Kier molecular flexibility index (Phi) is 3.31. The van der Waals surface area contributed by atoms with Crippen LogP contribution in [0.1, 0.15) is 24.9 Å². The van der Waals surface area contributed by atoms with Gasteiger partial charge in [-0.1, -0.05) is 52.3 Å². The molecule has 0 N–H and O–H groups in total. The Bertz CT molecular complexity index is 625. The van der Waals surface area contributed by atoms with Gasteiger partial charge in [-0.05, 0) is 29.3 Å². The van der Waals surface area contributed by atoms with Gasteiger partial charge in [-0.25, -0.2) is 0 Å². The van der Waals surface area contributed by atoms with Crippen molar-refractivity contribution in [2.75, 3.05) is 6.54 Å². The van der Waals surface area contributed by atoms with E-state index in [0.717, 1.165) is 6.54 Å². The van der Waals surface area contributed by atoms with E-state index in [2.05, 4.69) is 53.2 Å². The Morgan fingerprint density at radius 2 is 1.95 bits per heavy atom. The van der Waals surface area contributed by atoms with Crippen molar-refractivity contribution in [2.45, 2.75) is 24.2 Å². The molecule has 0 aromatic heterocycles. The van der Waals surface area contributed by atoms with Gasteiger partial charge in [0.25, 0.3) is 0 Å². The molecule has 2 unspecified atom stereocenters. The van der Waals surface area contributed by atoms with E-state index in [0.29, 0.717) is 11.2 Å². The topological polar surface area (TPSA) is 20.3 Å². The van der Waals surface area contributed by atoms with Crippen molar-refractivity contribution in [3.8, 4) is 0 Å². The standard InChI is InChI=1S/C16H16BrNO/c1-11(18-10-15(17)9-16(18)19)13-7-6-12-4-2-3-5-14(12)8-13/h2-8,11,15H,9-10H2,1H3. The molecular weight excluding hydrogens is 302 g/mol. The second-order valence-electron chi connectivity index (χ2n) is 5.13. The first-order chi connectivity index (χ1) is 9.15. The second kappa shape index (κ2) is 4.97. The Morgan fingerprint density at radius 3 is 2.63 bits per heavy atom. The highest BCUT2D eigenvalue weighted by Gasteiger charge is 2.31. The minimum absolute atomic E-state index is 0.139. The van der Waals surface area contributed by atoms with Crippen LogP contribution in [0.15, 0.2) is 42.5 Å². The molecule has 0 bridgehead atoms. The maximum atomic E-state index is 12.0. The van der Waals surface area contributed by atoms with E-state index in [1.54, 1.807) is 0 Å². The van der Waals surface area contributed by atoms with E-state index >= 15 is 0 Å². The van der Waals surface area contributed by atoms with Gasteiger partial charge >= 0.3 is 0 Å². The van der Waals surface area contributed by atoms with Gasteiger partial charge in [-0.2, -0.15) is 0 Å². The molecular formula is C16H16BrNO. The molecule has 1 saturated heterocycles. The average Bonchev–Trinajstić information content (AvgIpc) is 2.76. The summed E-state index contributed by atoms with van der Waals surface area (Å²) in [4.78, 5) is 14.2. The van der Waals surface area contributed by atoms with Crippen LogP contribution in [0, 0.1) is 0 Å². The largest absolute Gasteiger partial charge is 0.335 e. The smallest absolute Gasteiger partial charge is 0.224 e. The summed E-state index contributed by atoms with van der Waals surface area (Å²) < 4.78 is 0. The monoisotopic (exact) mass is 317 g/mol. The third-order valence-electron chi connectivity index (χ3n) is 3.83. The summed E-state index contributed by atoms with van der Waals surface area (Å²) in [6.45, 7) is 2.90. The van der Waals surface area contributed by atoms with E-state index in [1.165, 1.54) is 16.3 Å². The van der Waals surface area contributed by atoms with Crippen LogP contribution in [-0.4, -0.2) is 22.2 Å². The first kappa shape index (κ1) is 12.7. The van der Waals surface area contributed by atoms with Crippen molar-refractivity contribution < 1.29 is 4.79 Å². The number of amides is 1. The first-order valence-corrected chi connectivity index (χ1v) is 7.49. The summed E-state index contributed by atoms with van der Waals surface area (Å²) in [5.41, 5.74) is 1.20. The molecule has 3 heteroatoms. The quantitative estimate of drug-likeness (QED) is 0.769.